The number of aromatic nitrogens is 2. The van der Waals surface area contributed by atoms with E-state index in [9.17, 15) is 9.90 Å². The number of carbonyl (C=O) groups is 1. The topological polar surface area (TPSA) is 82.8 Å². The molecular formula is C22H21ClN2O5. The highest BCUT2D eigenvalue weighted by molar-refractivity contribution is 6.30. The quantitative estimate of drug-likeness (QED) is 0.455. The first-order valence-electron chi connectivity index (χ1n) is 8.98. The Morgan fingerprint density at radius 2 is 2.00 bits per heavy atom. The molecule has 3 rings (SSSR count). The second-order valence-electron chi connectivity index (χ2n) is 6.20. The molecule has 1 unspecified atom stereocenters. The Hall–Kier alpha value is -3.29. The molecule has 0 amide bonds. The van der Waals surface area contributed by atoms with Crippen LogP contribution in [0, 0.1) is 0 Å². The van der Waals surface area contributed by atoms with Crippen molar-refractivity contribution in [2.45, 2.75) is 6.10 Å². The Balaban J connectivity index is 2.12. The molecule has 0 aliphatic rings. The van der Waals surface area contributed by atoms with Crippen molar-refractivity contribution in [2.24, 2.45) is 0 Å². The maximum absolute atomic E-state index is 11.5. The Kier molecular flexibility index (Phi) is 6.76. The first kappa shape index (κ1) is 21.4. The molecule has 156 valence electrons. The Morgan fingerprint density at radius 3 is 2.70 bits per heavy atom. The molecule has 1 N–H and O–H groups in total. The molecular weight excluding hydrogens is 408 g/mol. The third-order valence-corrected chi connectivity index (χ3v) is 4.73. The van der Waals surface area contributed by atoms with Crippen LogP contribution in [0.15, 0.2) is 54.9 Å². The maximum Gasteiger partial charge on any atom is 0.330 e. The van der Waals surface area contributed by atoms with Crippen molar-refractivity contribution in [1.29, 1.82) is 0 Å². The van der Waals surface area contributed by atoms with E-state index in [-0.39, 0.29) is 0 Å². The highest BCUT2D eigenvalue weighted by atomic mass is 35.5. The molecule has 1 atom stereocenters. The molecule has 0 saturated carbocycles. The zero-order valence-corrected chi connectivity index (χ0v) is 17.5. The standard InChI is InChI=1S/C22H21ClN2O5/c1-28-18-10-11-24-20(22(18)30-3)21(27)16-13-14(23)6-8-17(16)25-12-4-5-15(25)7-9-19(26)29-2/h4-13,21,27H,1-3H3. The van der Waals surface area contributed by atoms with Gasteiger partial charge >= 0.3 is 5.97 Å². The summed E-state index contributed by atoms with van der Waals surface area (Å²) in [5.41, 5.74) is 2.17. The van der Waals surface area contributed by atoms with Crippen LogP contribution in [0.3, 0.4) is 0 Å². The van der Waals surface area contributed by atoms with Gasteiger partial charge in [-0.3, -0.25) is 4.98 Å². The number of rotatable bonds is 7. The average molecular weight is 429 g/mol. The third-order valence-electron chi connectivity index (χ3n) is 4.49. The van der Waals surface area contributed by atoms with Crippen LogP contribution >= 0.6 is 11.6 Å². The highest BCUT2D eigenvalue weighted by Crippen LogP contribution is 2.38. The van der Waals surface area contributed by atoms with E-state index >= 15 is 0 Å². The first-order valence-corrected chi connectivity index (χ1v) is 9.36. The molecule has 7 nitrogen and oxygen atoms in total. The van der Waals surface area contributed by atoms with Gasteiger partial charge in [-0.1, -0.05) is 11.6 Å². The summed E-state index contributed by atoms with van der Waals surface area (Å²) in [5, 5.41) is 11.7. The van der Waals surface area contributed by atoms with Crippen molar-refractivity contribution in [3.63, 3.8) is 0 Å². The van der Waals surface area contributed by atoms with Crippen molar-refractivity contribution in [2.75, 3.05) is 21.3 Å². The van der Waals surface area contributed by atoms with Gasteiger partial charge in [-0.15, -0.1) is 0 Å². The summed E-state index contributed by atoms with van der Waals surface area (Å²) >= 11 is 6.23. The van der Waals surface area contributed by atoms with Gasteiger partial charge in [-0.2, -0.15) is 0 Å². The fourth-order valence-corrected chi connectivity index (χ4v) is 3.27. The fourth-order valence-electron chi connectivity index (χ4n) is 3.09. The minimum absolute atomic E-state index is 0.291. The lowest BCUT2D eigenvalue weighted by Crippen LogP contribution is -2.10. The van der Waals surface area contributed by atoms with Crippen molar-refractivity contribution in [1.82, 2.24) is 9.55 Å². The van der Waals surface area contributed by atoms with E-state index in [2.05, 4.69) is 9.72 Å². The molecule has 0 aliphatic carbocycles. The zero-order valence-electron chi connectivity index (χ0n) is 16.7. The van der Waals surface area contributed by atoms with E-state index in [0.717, 1.165) is 0 Å². The molecule has 0 radical (unpaired) electrons. The molecule has 2 aromatic heterocycles. The number of nitrogens with zero attached hydrogens (tertiary/aromatic N) is 2. The summed E-state index contributed by atoms with van der Waals surface area (Å²) in [4.78, 5) is 15.8. The number of hydrogen-bond acceptors (Lipinski definition) is 6. The van der Waals surface area contributed by atoms with Gasteiger partial charge in [0, 0.05) is 40.8 Å². The Labute approximate surface area is 179 Å². The molecule has 3 aromatic rings. The Bertz CT molecular complexity index is 1080. The predicted octanol–water partition coefficient (Wildman–Crippen LogP) is 3.81. The van der Waals surface area contributed by atoms with E-state index in [1.165, 1.54) is 33.6 Å². The highest BCUT2D eigenvalue weighted by Gasteiger charge is 2.24. The lowest BCUT2D eigenvalue weighted by molar-refractivity contribution is -0.134. The average Bonchev–Trinajstić information content (AvgIpc) is 3.24. The van der Waals surface area contributed by atoms with Crippen LogP contribution in [0.1, 0.15) is 23.1 Å². The summed E-state index contributed by atoms with van der Waals surface area (Å²) in [6.45, 7) is 0. The van der Waals surface area contributed by atoms with Crippen LogP contribution in [-0.4, -0.2) is 42.0 Å². The Morgan fingerprint density at radius 1 is 1.20 bits per heavy atom. The number of benzene rings is 1. The summed E-state index contributed by atoms with van der Waals surface area (Å²) in [5.74, 6) is 0.314. The summed E-state index contributed by atoms with van der Waals surface area (Å²) < 4.78 is 17.2. The first-order chi connectivity index (χ1) is 14.5. The van der Waals surface area contributed by atoms with Gasteiger partial charge < -0.3 is 23.9 Å². The molecule has 1 aromatic carbocycles. The van der Waals surface area contributed by atoms with Gasteiger partial charge in [-0.25, -0.2) is 4.79 Å². The van der Waals surface area contributed by atoms with E-state index in [4.69, 9.17) is 21.1 Å². The van der Waals surface area contributed by atoms with Crippen molar-refractivity contribution in [3.05, 3.63) is 76.8 Å². The van der Waals surface area contributed by atoms with Crippen LogP contribution in [0.4, 0.5) is 0 Å². The van der Waals surface area contributed by atoms with Crippen LogP contribution < -0.4 is 9.47 Å². The zero-order chi connectivity index (χ0) is 21.7. The normalized spacial score (nSPS) is 12.0. The number of hydrogen-bond donors (Lipinski definition) is 1. The summed E-state index contributed by atoms with van der Waals surface area (Å²) in [7, 11) is 4.31. The summed E-state index contributed by atoms with van der Waals surface area (Å²) in [6, 6.07) is 10.5. The van der Waals surface area contributed by atoms with Crippen LogP contribution in [0.2, 0.25) is 5.02 Å². The number of aliphatic hydroxyl groups excluding tert-OH is 1. The number of ether oxygens (including phenoxy) is 3. The van der Waals surface area contributed by atoms with Gasteiger partial charge in [0.25, 0.3) is 0 Å². The fraction of sp³-hybridized carbons (Fsp3) is 0.182. The molecule has 2 heterocycles. The van der Waals surface area contributed by atoms with Crippen LogP contribution in [0.5, 0.6) is 11.5 Å². The minimum Gasteiger partial charge on any atom is -0.493 e. The monoisotopic (exact) mass is 428 g/mol. The minimum atomic E-state index is -1.15. The van der Waals surface area contributed by atoms with E-state index in [1.54, 1.807) is 30.3 Å². The van der Waals surface area contributed by atoms with E-state index in [1.807, 2.05) is 22.9 Å². The number of aliphatic hydroxyl groups is 1. The third kappa shape index (κ3) is 4.32. The van der Waals surface area contributed by atoms with Crippen LogP contribution in [-0.2, 0) is 9.53 Å². The summed E-state index contributed by atoms with van der Waals surface area (Å²) in [6.07, 6.45) is 5.14. The van der Waals surface area contributed by atoms with Gasteiger partial charge in [0.2, 0.25) is 0 Å². The molecule has 8 heteroatoms. The van der Waals surface area contributed by atoms with Gasteiger partial charge in [0.1, 0.15) is 11.8 Å². The number of halogens is 1. The number of pyridine rings is 1. The molecule has 30 heavy (non-hydrogen) atoms. The largest absolute Gasteiger partial charge is 0.493 e. The molecule has 0 spiro atoms. The number of esters is 1. The van der Waals surface area contributed by atoms with Gasteiger partial charge in [0.15, 0.2) is 11.5 Å². The number of methoxy groups -OCH3 is 3. The lowest BCUT2D eigenvalue weighted by Gasteiger charge is -2.20. The molecule has 0 aliphatic heterocycles. The smallest absolute Gasteiger partial charge is 0.330 e. The van der Waals surface area contributed by atoms with Crippen molar-refractivity contribution >= 4 is 23.6 Å². The van der Waals surface area contributed by atoms with Crippen molar-refractivity contribution < 1.29 is 24.1 Å². The maximum atomic E-state index is 11.5. The van der Waals surface area contributed by atoms with E-state index < -0.39 is 12.1 Å². The molecule has 0 bridgehead atoms. The second kappa shape index (κ2) is 9.47. The SMILES string of the molecule is COC(=O)C=Cc1cccn1-c1ccc(Cl)cc1C(O)c1nccc(OC)c1OC. The van der Waals surface area contributed by atoms with Crippen molar-refractivity contribution in [3.8, 4) is 17.2 Å². The molecule has 0 fully saturated rings. The van der Waals surface area contributed by atoms with Gasteiger partial charge in [0.05, 0.1) is 27.0 Å². The van der Waals surface area contributed by atoms with E-state index in [0.29, 0.717) is 39.2 Å². The second-order valence-corrected chi connectivity index (χ2v) is 6.63. The van der Waals surface area contributed by atoms with Crippen LogP contribution in [0.25, 0.3) is 11.8 Å². The molecule has 0 saturated heterocycles. The lowest BCUT2D eigenvalue weighted by atomic mass is 10.0. The van der Waals surface area contributed by atoms with Gasteiger partial charge in [-0.05, 0) is 36.4 Å². The predicted molar refractivity (Wildman–Crippen MR) is 113 cm³/mol. The number of carbonyl (C=O) groups excluding carboxylic acids is 1.